The summed E-state index contributed by atoms with van der Waals surface area (Å²) in [6.07, 6.45) is 10.1. The number of rotatable bonds is 6. The third-order valence-electron chi connectivity index (χ3n) is 1.71. The van der Waals surface area contributed by atoms with Gasteiger partial charge in [-0.1, -0.05) is 52.4 Å². The Morgan fingerprint density at radius 2 is 1.06 bits per heavy atom. The Labute approximate surface area is 146 Å². The van der Waals surface area contributed by atoms with E-state index in [2.05, 4.69) is 27.7 Å². The van der Waals surface area contributed by atoms with Gasteiger partial charge in [-0.25, -0.2) is 0 Å². The van der Waals surface area contributed by atoms with E-state index >= 15 is 0 Å². The SMILES string of the molecule is O=P([O-])([O-])[O-].[CH2-]CCCCC.[CH2-]CCCCC.[Nd+3]. The third-order valence-corrected chi connectivity index (χ3v) is 1.71. The van der Waals surface area contributed by atoms with Crippen molar-refractivity contribution in [1.82, 2.24) is 0 Å². The number of hydrogen-bond acceptors (Lipinski definition) is 4. The average Bonchev–Trinajstić information content (AvgIpc) is 2.22. The Balaban J connectivity index is -0.0000000799. The first-order valence-corrected chi connectivity index (χ1v) is 7.61. The van der Waals surface area contributed by atoms with Gasteiger partial charge in [-0.15, -0.1) is 0 Å². The van der Waals surface area contributed by atoms with Crippen molar-refractivity contribution in [2.24, 2.45) is 0 Å². The summed E-state index contributed by atoms with van der Waals surface area (Å²) < 4.78 is 8.55. The zero-order valence-corrected chi connectivity index (χ0v) is 15.8. The fourth-order valence-corrected chi connectivity index (χ4v) is 0.854. The van der Waals surface area contributed by atoms with Crippen molar-refractivity contribution in [2.75, 3.05) is 0 Å². The van der Waals surface area contributed by atoms with E-state index in [1.54, 1.807) is 0 Å². The molecule has 0 aromatic rings. The molecule has 0 aliphatic carbocycles. The van der Waals surface area contributed by atoms with Crippen molar-refractivity contribution in [3.05, 3.63) is 13.8 Å². The van der Waals surface area contributed by atoms with Crippen molar-refractivity contribution in [3.63, 3.8) is 0 Å². The van der Waals surface area contributed by atoms with E-state index in [0.717, 1.165) is 12.8 Å². The standard InChI is InChI=1S/2C6H13.Nd.H3O4P/c2*1-3-5-6-4-2;;1-5(2,3)4/h2*1,3-6H2,2H3;;(H3,1,2,3,4)/q2*-1;+3;/p-3. The maximum Gasteiger partial charge on any atom is 3.00 e. The van der Waals surface area contributed by atoms with Crippen LogP contribution in [0.4, 0.5) is 0 Å². The smallest absolute Gasteiger partial charge is 0.822 e. The molecule has 0 spiro atoms. The summed E-state index contributed by atoms with van der Waals surface area (Å²) in [6.45, 7) is 11.9. The minimum Gasteiger partial charge on any atom is -0.822 e. The summed E-state index contributed by atoms with van der Waals surface area (Å²) in [5.74, 6) is 0. The van der Waals surface area contributed by atoms with Gasteiger partial charge in [0.2, 0.25) is 0 Å². The fraction of sp³-hybridized carbons (Fsp3) is 0.833. The van der Waals surface area contributed by atoms with Crippen LogP contribution in [0.15, 0.2) is 0 Å². The molecule has 0 saturated carbocycles. The van der Waals surface area contributed by atoms with E-state index in [0.29, 0.717) is 0 Å². The summed E-state index contributed by atoms with van der Waals surface area (Å²) in [4.78, 5) is 25.6. The fourth-order valence-electron chi connectivity index (χ4n) is 0.854. The molecule has 18 heavy (non-hydrogen) atoms. The van der Waals surface area contributed by atoms with Gasteiger partial charge in [0.15, 0.2) is 0 Å². The first kappa shape index (κ1) is 27.7. The molecule has 0 unspecified atom stereocenters. The summed E-state index contributed by atoms with van der Waals surface area (Å²) >= 11 is 0. The van der Waals surface area contributed by atoms with Crippen LogP contribution in [0, 0.1) is 54.7 Å². The molecule has 0 N–H and O–H groups in total. The molecule has 0 aliphatic rings. The first-order valence-electron chi connectivity index (χ1n) is 6.14. The van der Waals surface area contributed by atoms with E-state index in [-0.39, 0.29) is 40.8 Å². The monoisotopic (exact) mass is 407 g/mol. The van der Waals surface area contributed by atoms with E-state index in [1.165, 1.54) is 38.5 Å². The number of hydrogen-bond donors (Lipinski definition) is 0. The predicted molar refractivity (Wildman–Crippen MR) is 66.6 cm³/mol. The second-order valence-electron chi connectivity index (χ2n) is 3.57. The van der Waals surface area contributed by atoms with Crippen LogP contribution in [0.25, 0.3) is 0 Å². The summed E-state index contributed by atoms with van der Waals surface area (Å²) in [7, 11) is -5.39. The molecule has 0 heterocycles. The Kier molecular flexibility index (Phi) is 36.3. The van der Waals surface area contributed by atoms with Crippen LogP contribution in [-0.4, -0.2) is 0 Å². The Hall–Kier alpha value is 1.46. The van der Waals surface area contributed by atoms with Gasteiger partial charge >= 0.3 is 40.8 Å². The maximum absolute atomic E-state index is 8.55. The van der Waals surface area contributed by atoms with Gasteiger partial charge in [-0.2, -0.15) is 20.7 Å². The molecule has 6 heteroatoms. The second-order valence-corrected chi connectivity index (χ2v) is 4.46. The minimum atomic E-state index is -5.39. The molecule has 0 atom stereocenters. The van der Waals surface area contributed by atoms with Crippen molar-refractivity contribution < 1.29 is 60.1 Å². The van der Waals surface area contributed by atoms with Gasteiger partial charge in [0, 0.05) is 0 Å². The van der Waals surface area contributed by atoms with E-state index in [9.17, 15) is 0 Å². The van der Waals surface area contributed by atoms with Gasteiger partial charge in [-0.3, -0.25) is 0 Å². The molecule has 0 fully saturated rings. The van der Waals surface area contributed by atoms with Crippen molar-refractivity contribution in [2.45, 2.75) is 65.2 Å². The Bertz CT molecular complexity index is 138. The molecule has 1 radical (unpaired) electrons. The van der Waals surface area contributed by atoms with Crippen LogP contribution in [0.1, 0.15) is 65.2 Å². The van der Waals surface area contributed by atoms with E-state index in [4.69, 9.17) is 19.2 Å². The molecule has 0 aliphatic heterocycles. The minimum absolute atomic E-state index is 0. The largest absolute Gasteiger partial charge is 3.00 e. The summed E-state index contributed by atoms with van der Waals surface area (Å²) in [5.41, 5.74) is 0. The Morgan fingerprint density at radius 3 is 1.11 bits per heavy atom. The maximum atomic E-state index is 8.55. The van der Waals surface area contributed by atoms with Crippen LogP contribution in [-0.2, 0) is 4.57 Å². The van der Waals surface area contributed by atoms with Gasteiger partial charge in [-0.05, 0) is 0 Å². The van der Waals surface area contributed by atoms with Crippen LogP contribution >= 0.6 is 7.82 Å². The zero-order valence-electron chi connectivity index (χ0n) is 11.7. The van der Waals surface area contributed by atoms with Gasteiger partial charge < -0.3 is 33.1 Å². The van der Waals surface area contributed by atoms with Crippen LogP contribution in [0.5, 0.6) is 0 Å². The summed E-state index contributed by atoms with van der Waals surface area (Å²) in [6, 6.07) is 0. The van der Waals surface area contributed by atoms with Crippen molar-refractivity contribution >= 4 is 7.82 Å². The molecule has 0 saturated heterocycles. The predicted octanol–water partition coefficient (Wildman–Crippen LogP) is 1.98. The van der Waals surface area contributed by atoms with Crippen molar-refractivity contribution in [1.29, 1.82) is 0 Å². The summed E-state index contributed by atoms with van der Waals surface area (Å²) in [5, 5.41) is 0. The van der Waals surface area contributed by atoms with Gasteiger partial charge in [0.05, 0.1) is 0 Å². The van der Waals surface area contributed by atoms with Crippen LogP contribution in [0.3, 0.4) is 0 Å². The van der Waals surface area contributed by atoms with Crippen molar-refractivity contribution in [3.8, 4) is 0 Å². The molecule has 0 rings (SSSR count). The molecule has 4 nitrogen and oxygen atoms in total. The van der Waals surface area contributed by atoms with E-state index < -0.39 is 7.82 Å². The molecule has 109 valence electrons. The molecular formula is C12H26NdO4P-2. The molecule has 0 amide bonds. The molecule has 0 aromatic carbocycles. The van der Waals surface area contributed by atoms with E-state index in [1.807, 2.05) is 0 Å². The number of phosphoric acid groups is 1. The average molecular weight is 410 g/mol. The zero-order chi connectivity index (χ0) is 14.2. The first-order chi connectivity index (χ1) is 7.83. The van der Waals surface area contributed by atoms with Gasteiger partial charge in [0.1, 0.15) is 0 Å². The van der Waals surface area contributed by atoms with Crippen LogP contribution in [0.2, 0.25) is 0 Å². The molecular weight excluding hydrogens is 383 g/mol. The van der Waals surface area contributed by atoms with Gasteiger partial charge in [0.25, 0.3) is 0 Å². The second kappa shape index (κ2) is 23.5. The molecule has 0 bridgehead atoms. The Morgan fingerprint density at radius 1 is 0.833 bits per heavy atom. The van der Waals surface area contributed by atoms with Crippen LogP contribution < -0.4 is 14.7 Å². The number of unbranched alkanes of at least 4 members (excludes halogenated alkanes) is 6. The topological polar surface area (TPSA) is 86.2 Å². The molecule has 0 aromatic heterocycles. The quantitative estimate of drug-likeness (QED) is 0.381. The third kappa shape index (κ3) is 85.0. The normalized spacial score (nSPS) is 9.28.